The molecule has 3 rings (SSSR count). The molecule has 0 aliphatic heterocycles. The first-order chi connectivity index (χ1) is 8.74. The van der Waals surface area contributed by atoms with Crippen LogP contribution in [0.4, 0.5) is 0 Å². The van der Waals surface area contributed by atoms with Gasteiger partial charge in [0.25, 0.3) is 0 Å². The van der Waals surface area contributed by atoms with Gasteiger partial charge in [0.05, 0.1) is 6.54 Å². The van der Waals surface area contributed by atoms with E-state index in [1.807, 2.05) is 12.1 Å². The largest absolute Gasteiger partial charge is 0.350 e. The molecule has 6 heteroatoms. The number of nitrogens with zero attached hydrogens (tertiary/aromatic N) is 4. The fourth-order valence-electron chi connectivity index (χ4n) is 1.74. The van der Waals surface area contributed by atoms with Gasteiger partial charge >= 0.3 is 5.69 Å². The lowest BCUT2D eigenvalue weighted by molar-refractivity contribution is 0.657. The highest BCUT2D eigenvalue weighted by atomic mass is 35.5. The molecular formula is C12H9ClN4O. The number of fused-ring (bicyclic) bond motifs is 1. The molecule has 18 heavy (non-hydrogen) atoms. The fraction of sp³-hybridized carbons (Fsp3) is 0.0833. The summed E-state index contributed by atoms with van der Waals surface area (Å²) in [6, 6.07) is 8.95. The molecule has 0 aliphatic carbocycles. The quantitative estimate of drug-likeness (QED) is 0.658. The maximum Gasteiger partial charge on any atom is 0.350 e. The van der Waals surface area contributed by atoms with Crippen molar-refractivity contribution >= 4 is 17.2 Å². The van der Waals surface area contributed by atoms with Gasteiger partial charge in [-0.1, -0.05) is 23.7 Å². The Bertz CT molecular complexity index is 745. The minimum absolute atomic E-state index is 0.166. The summed E-state index contributed by atoms with van der Waals surface area (Å²) in [4.78, 5) is 16.0. The topological polar surface area (TPSA) is 52.2 Å². The maximum atomic E-state index is 12.0. The second-order valence-electron chi connectivity index (χ2n) is 3.86. The van der Waals surface area contributed by atoms with Crippen molar-refractivity contribution in [3.63, 3.8) is 0 Å². The fourth-order valence-corrected chi connectivity index (χ4v) is 1.86. The third-order valence-electron chi connectivity index (χ3n) is 2.61. The molecule has 0 fully saturated rings. The number of halogens is 1. The van der Waals surface area contributed by atoms with Crippen LogP contribution in [0.25, 0.3) is 5.65 Å². The standard InChI is InChI=1S/C12H9ClN4O/c13-10-5-4-9(7-14-10)8-17-12(18)16-6-2-1-3-11(16)15-17/h1-7H,8H2. The maximum absolute atomic E-state index is 12.0. The molecule has 0 N–H and O–H groups in total. The molecule has 90 valence electrons. The Morgan fingerprint density at radius 2 is 2.11 bits per heavy atom. The minimum Gasteiger partial charge on any atom is -0.250 e. The van der Waals surface area contributed by atoms with Crippen LogP contribution >= 0.6 is 11.6 Å². The normalized spacial score (nSPS) is 10.9. The Balaban J connectivity index is 2.02. The van der Waals surface area contributed by atoms with Gasteiger partial charge < -0.3 is 0 Å². The number of hydrogen-bond donors (Lipinski definition) is 0. The Hall–Kier alpha value is -2.14. The van der Waals surface area contributed by atoms with Crippen molar-refractivity contribution in [2.45, 2.75) is 6.54 Å². The van der Waals surface area contributed by atoms with E-state index in [1.54, 1.807) is 30.6 Å². The molecule has 0 saturated heterocycles. The van der Waals surface area contributed by atoms with Crippen LogP contribution < -0.4 is 5.69 Å². The van der Waals surface area contributed by atoms with Crippen molar-refractivity contribution in [3.05, 3.63) is 63.9 Å². The zero-order valence-corrected chi connectivity index (χ0v) is 10.1. The van der Waals surface area contributed by atoms with Crippen LogP contribution in [0.1, 0.15) is 5.56 Å². The van der Waals surface area contributed by atoms with Gasteiger partial charge in [0.2, 0.25) is 0 Å². The average molecular weight is 261 g/mol. The van der Waals surface area contributed by atoms with Crippen LogP contribution in [0.2, 0.25) is 5.15 Å². The van der Waals surface area contributed by atoms with E-state index >= 15 is 0 Å². The molecule has 3 aromatic rings. The molecule has 0 saturated carbocycles. The smallest absolute Gasteiger partial charge is 0.250 e. The van der Waals surface area contributed by atoms with Gasteiger partial charge in [0, 0.05) is 12.4 Å². The van der Waals surface area contributed by atoms with Crippen molar-refractivity contribution in [2.24, 2.45) is 0 Å². The van der Waals surface area contributed by atoms with E-state index in [0.717, 1.165) is 5.56 Å². The summed E-state index contributed by atoms with van der Waals surface area (Å²) in [6.45, 7) is 0.380. The molecule has 0 spiro atoms. The van der Waals surface area contributed by atoms with Crippen molar-refractivity contribution in [3.8, 4) is 0 Å². The van der Waals surface area contributed by atoms with Gasteiger partial charge in [-0.2, -0.15) is 0 Å². The summed E-state index contributed by atoms with van der Waals surface area (Å²) < 4.78 is 2.91. The molecule has 0 aliphatic rings. The minimum atomic E-state index is -0.166. The summed E-state index contributed by atoms with van der Waals surface area (Å²) in [6.07, 6.45) is 3.33. The first-order valence-electron chi connectivity index (χ1n) is 5.39. The van der Waals surface area contributed by atoms with Gasteiger partial charge in [0.1, 0.15) is 5.15 Å². The molecule has 0 radical (unpaired) electrons. The predicted molar refractivity (Wildman–Crippen MR) is 67.8 cm³/mol. The first-order valence-corrected chi connectivity index (χ1v) is 5.76. The second-order valence-corrected chi connectivity index (χ2v) is 4.25. The first kappa shape index (κ1) is 11.0. The van der Waals surface area contributed by atoms with Crippen LogP contribution in [0.3, 0.4) is 0 Å². The zero-order chi connectivity index (χ0) is 12.5. The van der Waals surface area contributed by atoms with Crippen molar-refractivity contribution < 1.29 is 0 Å². The van der Waals surface area contributed by atoms with E-state index in [1.165, 1.54) is 9.08 Å². The summed E-state index contributed by atoms with van der Waals surface area (Å²) in [5, 5.41) is 4.67. The summed E-state index contributed by atoms with van der Waals surface area (Å²) in [7, 11) is 0. The average Bonchev–Trinajstić information content (AvgIpc) is 2.70. The molecule has 0 bridgehead atoms. The lowest BCUT2D eigenvalue weighted by Crippen LogP contribution is -2.21. The lowest BCUT2D eigenvalue weighted by atomic mass is 10.3. The van der Waals surface area contributed by atoms with Crippen LogP contribution in [0.5, 0.6) is 0 Å². The van der Waals surface area contributed by atoms with E-state index in [2.05, 4.69) is 10.1 Å². The van der Waals surface area contributed by atoms with E-state index in [9.17, 15) is 4.79 Å². The van der Waals surface area contributed by atoms with Crippen LogP contribution in [0.15, 0.2) is 47.5 Å². The third kappa shape index (κ3) is 1.89. The van der Waals surface area contributed by atoms with E-state index in [4.69, 9.17) is 11.6 Å². The third-order valence-corrected chi connectivity index (χ3v) is 2.83. The molecule has 0 aromatic carbocycles. The number of hydrogen-bond acceptors (Lipinski definition) is 3. The van der Waals surface area contributed by atoms with Crippen molar-refractivity contribution in [1.29, 1.82) is 0 Å². The molecular weight excluding hydrogens is 252 g/mol. The molecule has 0 unspecified atom stereocenters. The molecule has 0 atom stereocenters. The number of rotatable bonds is 2. The Labute approximate surface area is 107 Å². The highest BCUT2D eigenvalue weighted by Gasteiger charge is 2.06. The van der Waals surface area contributed by atoms with Gasteiger partial charge in [-0.15, -0.1) is 5.10 Å². The highest BCUT2D eigenvalue weighted by molar-refractivity contribution is 6.29. The number of aromatic nitrogens is 4. The molecule has 0 amide bonds. The summed E-state index contributed by atoms with van der Waals surface area (Å²) >= 11 is 5.71. The molecule has 3 aromatic heterocycles. The predicted octanol–water partition coefficient (Wildman–Crippen LogP) is 1.59. The van der Waals surface area contributed by atoms with Crippen LogP contribution in [0, 0.1) is 0 Å². The summed E-state index contributed by atoms with van der Waals surface area (Å²) in [5.41, 5.74) is 1.34. The monoisotopic (exact) mass is 260 g/mol. The Kier molecular flexibility index (Phi) is 2.60. The molecule has 3 heterocycles. The van der Waals surface area contributed by atoms with Crippen molar-refractivity contribution in [2.75, 3.05) is 0 Å². The Morgan fingerprint density at radius 3 is 2.83 bits per heavy atom. The van der Waals surface area contributed by atoms with E-state index in [0.29, 0.717) is 17.3 Å². The second kappa shape index (κ2) is 4.27. The van der Waals surface area contributed by atoms with Gasteiger partial charge in [-0.3, -0.25) is 4.40 Å². The van der Waals surface area contributed by atoms with Gasteiger partial charge in [-0.05, 0) is 23.8 Å². The Morgan fingerprint density at radius 1 is 1.22 bits per heavy atom. The van der Waals surface area contributed by atoms with Gasteiger partial charge in [-0.25, -0.2) is 14.5 Å². The van der Waals surface area contributed by atoms with E-state index < -0.39 is 0 Å². The van der Waals surface area contributed by atoms with Crippen LogP contribution in [-0.4, -0.2) is 19.2 Å². The lowest BCUT2D eigenvalue weighted by Gasteiger charge is -1.99. The van der Waals surface area contributed by atoms with Crippen molar-refractivity contribution in [1.82, 2.24) is 19.2 Å². The van der Waals surface area contributed by atoms with Crippen LogP contribution in [-0.2, 0) is 6.54 Å². The highest BCUT2D eigenvalue weighted by Crippen LogP contribution is 2.06. The van der Waals surface area contributed by atoms with E-state index in [-0.39, 0.29) is 5.69 Å². The number of pyridine rings is 2. The zero-order valence-electron chi connectivity index (χ0n) is 9.32. The van der Waals surface area contributed by atoms with Gasteiger partial charge in [0.15, 0.2) is 5.65 Å². The SMILES string of the molecule is O=c1n(Cc2ccc(Cl)nc2)nc2ccccn12. The molecule has 5 nitrogen and oxygen atoms in total. The summed E-state index contributed by atoms with van der Waals surface area (Å²) in [5.74, 6) is 0.